The van der Waals surface area contributed by atoms with Gasteiger partial charge in [-0.25, -0.2) is 8.78 Å². The highest BCUT2D eigenvalue weighted by molar-refractivity contribution is 5.97. The van der Waals surface area contributed by atoms with Gasteiger partial charge in [0.25, 0.3) is 5.91 Å². The van der Waals surface area contributed by atoms with Crippen LogP contribution in [-0.4, -0.2) is 43.6 Å². The van der Waals surface area contributed by atoms with Crippen molar-refractivity contribution in [1.29, 1.82) is 0 Å². The summed E-state index contributed by atoms with van der Waals surface area (Å²) < 4.78 is 29.5. The molecule has 7 heteroatoms. The van der Waals surface area contributed by atoms with Crippen molar-refractivity contribution in [3.05, 3.63) is 88.3 Å². The Morgan fingerprint density at radius 2 is 1.68 bits per heavy atom. The number of halogens is 2. The molecule has 1 aromatic heterocycles. The van der Waals surface area contributed by atoms with E-state index >= 15 is 0 Å². The van der Waals surface area contributed by atoms with Crippen molar-refractivity contribution in [1.82, 2.24) is 15.6 Å². The number of benzene rings is 2. The summed E-state index contributed by atoms with van der Waals surface area (Å²) in [7, 11) is 0. The smallest absolute Gasteiger partial charge is 0.251 e. The molecule has 0 radical (unpaired) electrons. The number of nitrogens with zero attached hydrogens (tertiary/aromatic N) is 2. The van der Waals surface area contributed by atoms with E-state index in [2.05, 4.69) is 22.8 Å². The van der Waals surface area contributed by atoms with Crippen LogP contribution >= 0.6 is 0 Å². The van der Waals surface area contributed by atoms with Gasteiger partial charge in [-0.3, -0.25) is 9.78 Å². The Kier molecular flexibility index (Phi) is 6.94. The van der Waals surface area contributed by atoms with Crippen LogP contribution in [0.3, 0.4) is 0 Å². The first kappa shape index (κ1) is 24.7. The summed E-state index contributed by atoms with van der Waals surface area (Å²) in [6, 6.07) is 11.1. The summed E-state index contributed by atoms with van der Waals surface area (Å²) in [5.74, 6) is -1.66. The standard InChI is InChI=1S/C31H32F2N4O/c32-27-17-22(18-29(30(27)33)37-13-11-34-12-14-37)23-16-26-24(8-9-28(26)36-19-23)21-6-7-25-20(15-21)5-3-1-2-4-10-35-31(25)38/h6-8,15-19,34H,1-5,9-14H2,(H,35,38). The molecule has 0 bridgehead atoms. The van der Waals surface area contributed by atoms with Gasteiger partial charge in [-0.05, 0) is 65.8 Å². The molecule has 196 valence electrons. The zero-order valence-corrected chi connectivity index (χ0v) is 21.5. The number of piperazine rings is 1. The molecule has 1 fully saturated rings. The van der Waals surface area contributed by atoms with Crippen LogP contribution in [0.15, 0.2) is 48.7 Å². The number of nitrogens with one attached hydrogen (secondary N) is 2. The van der Waals surface area contributed by atoms with E-state index in [0.717, 1.165) is 84.3 Å². The quantitative estimate of drug-likeness (QED) is 0.500. The van der Waals surface area contributed by atoms with Crippen molar-refractivity contribution in [3.63, 3.8) is 0 Å². The lowest BCUT2D eigenvalue weighted by Gasteiger charge is -2.30. The fourth-order valence-electron chi connectivity index (χ4n) is 5.79. The van der Waals surface area contributed by atoms with Gasteiger partial charge in [-0.2, -0.15) is 0 Å². The van der Waals surface area contributed by atoms with Crippen LogP contribution in [0.1, 0.15) is 58.4 Å². The van der Waals surface area contributed by atoms with E-state index in [-0.39, 0.29) is 5.91 Å². The van der Waals surface area contributed by atoms with Gasteiger partial charge in [0, 0.05) is 62.0 Å². The maximum atomic E-state index is 14.8. The molecule has 1 amide bonds. The topological polar surface area (TPSA) is 57.3 Å². The molecule has 1 saturated heterocycles. The number of carbonyl (C=O) groups excluding carboxylic acids is 1. The number of carbonyl (C=O) groups is 1. The molecule has 1 aliphatic carbocycles. The molecule has 0 unspecified atom stereocenters. The number of allylic oxidation sites excluding steroid dienone is 1. The van der Waals surface area contributed by atoms with Crippen molar-refractivity contribution in [2.24, 2.45) is 0 Å². The number of aryl methyl sites for hydroxylation is 1. The van der Waals surface area contributed by atoms with Crippen LogP contribution in [0.5, 0.6) is 0 Å². The predicted molar refractivity (Wildman–Crippen MR) is 146 cm³/mol. The summed E-state index contributed by atoms with van der Waals surface area (Å²) in [5, 5.41) is 6.30. The SMILES string of the molecule is O=C1NCCCCCCc2cc(C3=CCc4ncc(-c5cc(F)c(F)c(N6CCNCC6)c5)cc43)ccc21. The first-order valence-electron chi connectivity index (χ1n) is 13.6. The van der Waals surface area contributed by atoms with E-state index < -0.39 is 11.6 Å². The highest BCUT2D eigenvalue weighted by Gasteiger charge is 2.23. The molecule has 2 aliphatic heterocycles. The third-order valence-electron chi connectivity index (χ3n) is 7.88. The zero-order chi connectivity index (χ0) is 26.1. The molecule has 0 atom stereocenters. The summed E-state index contributed by atoms with van der Waals surface area (Å²) in [6.07, 6.45) is 9.88. The lowest BCUT2D eigenvalue weighted by Crippen LogP contribution is -2.44. The number of rotatable bonds is 3. The van der Waals surface area contributed by atoms with Crippen LogP contribution in [0.2, 0.25) is 0 Å². The van der Waals surface area contributed by atoms with Gasteiger partial charge in [-0.15, -0.1) is 0 Å². The average molecular weight is 515 g/mol. The normalized spacial score (nSPS) is 17.9. The molecule has 2 aromatic carbocycles. The van der Waals surface area contributed by atoms with Crippen LogP contribution in [-0.2, 0) is 12.8 Å². The van der Waals surface area contributed by atoms with Crippen LogP contribution in [0, 0.1) is 11.6 Å². The lowest BCUT2D eigenvalue weighted by atomic mass is 9.92. The Labute approximate surface area is 222 Å². The van der Waals surface area contributed by atoms with Crippen molar-refractivity contribution >= 4 is 17.2 Å². The maximum absolute atomic E-state index is 14.8. The van der Waals surface area contributed by atoms with Gasteiger partial charge >= 0.3 is 0 Å². The third kappa shape index (κ3) is 4.83. The molecule has 2 N–H and O–H groups in total. The number of hydrogen-bond donors (Lipinski definition) is 2. The van der Waals surface area contributed by atoms with E-state index in [1.54, 1.807) is 12.3 Å². The molecule has 3 aliphatic rings. The van der Waals surface area contributed by atoms with Crippen molar-refractivity contribution in [2.45, 2.75) is 38.5 Å². The minimum atomic E-state index is -0.848. The Balaban J connectivity index is 1.34. The molecule has 3 heterocycles. The van der Waals surface area contributed by atoms with E-state index in [1.807, 2.05) is 23.1 Å². The van der Waals surface area contributed by atoms with Gasteiger partial charge in [0.1, 0.15) is 0 Å². The fraction of sp³-hybridized carbons (Fsp3) is 0.355. The molecule has 3 aromatic rings. The molecule has 0 spiro atoms. The van der Waals surface area contributed by atoms with Gasteiger partial charge in [0.05, 0.1) is 11.4 Å². The van der Waals surface area contributed by atoms with Crippen LogP contribution in [0.25, 0.3) is 16.7 Å². The van der Waals surface area contributed by atoms with E-state index in [4.69, 9.17) is 4.98 Å². The number of amides is 1. The molecular formula is C31H32F2N4O. The average Bonchev–Trinajstić information content (AvgIpc) is 3.37. The number of fused-ring (bicyclic) bond motifs is 2. The van der Waals surface area contributed by atoms with Crippen molar-refractivity contribution in [2.75, 3.05) is 37.6 Å². The van der Waals surface area contributed by atoms with Crippen LogP contribution < -0.4 is 15.5 Å². The van der Waals surface area contributed by atoms with Gasteiger partial charge in [0.15, 0.2) is 11.6 Å². The number of pyridine rings is 1. The second-order valence-electron chi connectivity index (χ2n) is 10.4. The van der Waals surface area contributed by atoms with Crippen LogP contribution in [0.4, 0.5) is 14.5 Å². The Bertz CT molecular complexity index is 1410. The van der Waals surface area contributed by atoms with Gasteiger partial charge < -0.3 is 15.5 Å². The maximum Gasteiger partial charge on any atom is 0.251 e. The summed E-state index contributed by atoms with van der Waals surface area (Å²) in [4.78, 5) is 19.3. The Morgan fingerprint density at radius 3 is 2.55 bits per heavy atom. The first-order valence-corrected chi connectivity index (χ1v) is 13.6. The number of aromatic nitrogens is 1. The van der Waals surface area contributed by atoms with Gasteiger partial charge in [0.2, 0.25) is 0 Å². The summed E-state index contributed by atoms with van der Waals surface area (Å²) >= 11 is 0. The van der Waals surface area contributed by atoms with E-state index in [0.29, 0.717) is 37.3 Å². The second-order valence-corrected chi connectivity index (χ2v) is 10.4. The monoisotopic (exact) mass is 514 g/mol. The Morgan fingerprint density at radius 1 is 0.842 bits per heavy atom. The molecule has 38 heavy (non-hydrogen) atoms. The predicted octanol–water partition coefficient (Wildman–Crippen LogP) is 5.27. The van der Waals surface area contributed by atoms with E-state index in [1.165, 1.54) is 6.07 Å². The largest absolute Gasteiger partial charge is 0.367 e. The zero-order valence-electron chi connectivity index (χ0n) is 21.5. The summed E-state index contributed by atoms with van der Waals surface area (Å²) in [5.41, 5.74) is 7.57. The fourth-order valence-corrected chi connectivity index (χ4v) is 5.79. The molecular weight excluding hydrogens is 482 g/mol. The minimum absolute atomic E-state index is 0.00293. The number of anilines is 1. The molecule has 6 rings (SSSR count). The lowest BCUT2D eigenvalue weighted by molar-refractivity contribution is 0.0951. The van der Waals surface area contributed by atoms with Crippen molar-refractivity contribution in [3.8, 4) is 11.1 Å². The molecule has 0 saturated carbocycles. The minimum Gasteiger partial charge on any atom is -0.367 e. The molecule has 5 nitrogen and oxygen atoms in total. The first-order chi connectivity index (χ1) is 18.6. The highest BCUT2D eigenvalue weighted by Crippen LogP contribution is 2.37. The van der Waals surface area contributed by atoms with E-state index in [9.17, 15) is 13.6 Å². The highest BCUT2D eigenvalue weighted by atomic mass is 19.2. The second kappa shape index (κ2) is 10.7. The Hall–Kier alpha value is -3.58. The van der Waals surface area contributed by atoms with Crippen molar-refractivity contribution < 1.29 is 13.6 Å². The summed E-state index contributed by atoms with van der Waals surface area (Å²) in [6.45, 7) is 3.45. The van der Waals surface area contributed by atoms with Gasteiger partial charge in [-0.1, -0.05) is 31.1 Å². The third-order valence-corrected chi connectivity index (χ3v) is 7.88. The number of hydrogen-bond acceptors (Lipinski definition) is 4.